The van der Waals surface area contributed by atoms with Crippen LogP contribution in [0.4, 0.5) is 10.3 Å². The fraction of sp³-hybridized carbons (Fsp3) is 0.318. The topological polar surface area (TPSA) is 139 Å². The van der Waals surface area contributed by atoms with Crippen molar-refractivity contribution in [3.63, 3.8) is 0 Å². The van der Waals surface area contributed by atoms with Gasteiger partial charge >= 0.3 is 0 Å². The van der Waals surface area contributed by atoms with Crippen LogP contribution in [-0.4, -0.2) is 62.4 Å². The van der Waals surface area contributed by atoms with Crippen molar-refractivity contribution in [2.24, 2.45) is 7.05 Å². The highest BCUT2D eigenvalue weighted by atomic mass is 32.2. The summed E-state index contributed by atoms with van der Waals surface area (Å²) >= 11 is 0. The van der Waals surface area contributed by atoms with Crippen LogP contribution < -0.4 is 14.2 Å². The first-order valence-electron chi connectivity index (χ1n) is 10.8. The normalized spacial score (nSPS) is 13.3. The lowest BCUT2D eigenvalue weighted by atomic mass is 10.1. The van der Waals surface area contributed by atoms with Gasteiger partial charge in [-0.1, -0.05) is 13.0 Å². The molecule has 0 radical (unpaired) electrons. The van der Waals surface area contributed by atoms with Gasteiger partial charge in [-0.25, -0.2) is 22.8 Å². The van der Waals surface area contributed by atoms with Gasteiger partial charge in [0.25, 0.3) is 0 Å². The Labute approximate surface area is 207 Å². The molecule has 0 saturated heterocycles. The standard InChI is InChI=1S/C22H25FN8O4S/c1-13(20-24-11-15(23)12-25-20)14(2)36(32,33)29-22-27-26-21(16-9-10-30(3)28-16)31(22)19-17(34-4)7-6-8-18(19)35-5/h6-14H,1-5H3,(H,27,29). The largest absolute Gasteiger partial charge is 0.494 e. The molecule has 190 valence electrons. The van der Waals surface area contributed by atoms with Crippen LogP contribution in [0.3, 0.4) is 0 Å². The van der Waals surface area contributed by atoms with E-state index in [0.29, 0.717) is 22.9 Å². The first kappa shape index (κ1) is 25.0. The highest BCUT2D eigenvalue weighted by Gasteiger charge is 2.32. The number of hydrogen-bond donors (Lipinski definition) is 1. The fourth-order valence-electron chi connectivity index (χ4n) is 3.57. The summed E-state index contributed by atoms with van der Waals surface area (Å²) in [5.74, 6) is -0.121. The number of anilines is 1. The van der Waals surface area contributed by atoms with E-state index < -0.39 is 27.0 Å². The molecular formula is C22H25FN8O4S. The highest BCUT2D eigenvalue weighted by Crippen LogP contribution is 2.37. The Kier molecular flexibility index (Phi) is 6.88. The Balaban J connectivity index is 1.81. The average Bonchev–Trinajstić information content (AvgIpc) is 3.48. The minimum Gasteiger partial charge on any atom is -0.494 e. The van der Waals surface area contributed by atoms with Gasteiger partial charge in [0.15, 0.2) is 11.6 Å². The lowest BCUT2D eigenvalue weighted by Gasteiger charge is -2.21. The number of halogens is 1. The van der Waals surface area contributed by atoms with E-state index in [4.69, 9.17) is 9.47 Å². The Bertz CT molecular complexity index is 1450. The predicted molar refractivity (Wildman–Crippen MR) is 129 cm³/mol. The minimum atomic E-state index is -4.06. The molecule has 3 aromatic heterocycles. The molecule has 0 aliphatic heterocycles. The number of nitrogens with zero attached hydrogens (tertiary/aromatic N) is 7. The molecule has 4 rings (SSSR count). The number of rotatable bonds is 9. The maximum absolute atomic E-state index is 13.4. The van der Waals surface area contributed by atoms with Crippen LogP contribution in [0, 0.1) is 5.82 Å². The number of aryl methyl sites for hydroxylation is 1. The van der Waals surface area contributed by atoms with E-state index >= 15 is 0 Å². The molecule has 3 heterocycles. The SMILES string of the molecule is COc1cccc(OC)c1-n1c(NS(=O)(=O)C(C)C(C)c2ncc(F)cn2)nnc1-c1ccn(C)n1. The number of benzene rings is 1. The third-order valence-corrected chi connectivity index (χ3v) is 7.56. The first-order chi connectivity index (χ1) is 17.2. The van der Waals surface area contributed by atoms with Crippen LogP contribution in [0.2, 0.25) is 0 Å². The quantitative estimate of drug-likeness (QED) is 0.355. The molecule has 36 heavy (non-hydrogen) atoms. The molecular weight excluding hydrogens is 491 g/mol. The average molecular weight is 517 g/mol. The minimum absolute atomic E-state index is 0.0995. The van der Waals surface area contributed by atoms with Crippen molar-refractivity contribution in [1.82, 2.24) is 34.5 Å². The van der Waals surface area contributed by atoms with Gasteiger partial charge in [-0.05, 0) is 25.1 Å². The van der Waals surface area contributed by atoms with E-state index in [9.17, 15) is 12.8 Å². The van der Waals surface area contributed by atoms with Crippen molar-refractivity contribution in [3.05, 3.63) is 54.5 Å². The zero-order chi connectivity index (χ0) is 26.0. The van der Waals surface area contributed by atoms with Crippen molar-refractivity contribution in [3.8, 4) is 28.7 Å². The number of sulfonamides is 1. The molecule has 0 spiro atoms. The lowest BCUT2D eigenvalue weighted by Crippen LogP contribution is -2.31. The van der Waals surface area contributed by atoms with Crippen LogP contribution >= 0.6 is 0 Å². The van der Waals surface area contributed by atoms with E-state index in [-0.39, 0.29) is 17.6 Å². The van der Waals surface area contributed by atoms with Crippen LogP contribution in [0.1, 0.15) is 25.6 Å². The van der Waals surface area contributed by atoms with Crippen LogP contribution in [0.5, 0.6) is 11.5 Å². The summed E-state index contributed by atoms with van der Waals surface area (Å²) in [5, 5.41) is 11.7. The molecule has 4 aromatic rings. The molecule has 0 saturated carbocycles. The third kappa shape index (κ3) is 4.71. The van der Waals surface area contributed by atoms with Gasteiger partial charge in [0.05, 0.1) is 31.9 Å². The highest BCUT2D eigenvalue weighted by molar-refractivity contribution is 7.93. The van der Waals surface area contributed by atoms with Crippen molar-refractivity contribution < 1.29 is 22.3 Å². The van der Waals surface area contributed by atoms with Gasteiger partial charge in [0.1, 0.15) is 28.7 Å². The van der Waals surface area contributed by atoms with Crippen LogP contribution in [0.15, 0.2) is 42.9 Å². The van der Waals surface area contributed by atoms with Gasteiger partial charge in [-0.15, -0.1) is 10.2 Å². The van der Waals surface area contributed by atoms with Crippen LogP contribution in [-0.2, 0) is 17.1 Å². The molecule has 0 bridgehead atoms. The predicted octanol–water partition coefficient (Wildman–Crippen LogP) is 2.55. The zero-order valence-electron chi connectivity index (χ0n) is 20.2. The molecule has 14 heteroatoms. The Hall–Kier alpha value is -4.07. The molecule has 0 fully saturated rings. The molecule has 0 aliphatic carbocycles. The van der Waals surface area contributed by atoms with Crippen molar-refractivity contribution in [1.29, 1.82) is 0 Å². The van der Waals surface area contributed by atoms with Crippen molar-refractivity contribution in [2.45, 2.75) is 25.0 Å². The smallest absolute Gasteiger partial charge is 0.243 e. The zero-order valence-corrected chi connectivity index (χ0v) is 21.1. The number of hydrogen-bond acceptors (Lipinski definition) is 9. The third-order valence-electron chi connectivity index (χ3n) is 5.71. The second-order valence-electron chi connectivity index (χ2n) is 7.97. The van der Waals surface area contributed by atoms with E-state index in [1.165, 1.54) is 25.7 Å². The van der Waals surface area contributed by atoms with Gasteiger partial charge in [-0.3, -0.25) is 14.0 Å². The molecule has 2 unspecified atom stereocenters. The van der Waals surface area contributed by atoms with E-state index in [0.717, 1.165) is 12.4 Å². The summed E-state index contributed by atoms with van der Waals surface area (Å²) in [6, 6.07) is 6.86. The molecule has 12 nitrogen and oxygen atoms in total. The van der Waals surface area contributed by atoms with Crippen LogP contribution in [0.25, 0.3) is 17.2 Å². The maximum atomic E-state index is 13.4. The summed E-state index contributed by atoms with van der Waals surface area (Å²) in [7, 11) is 0.661. The van der Waals surface area contributed by atoms with Crippen molar-refractivity contribution >= 4 is 16.0 Å². The van der Waals surface area contributed by atoms with Gasteiger partial charge in [0, 0.05) is 19.2 Å². The van der Waals surface area contributed by atoms with E-state index in [2.05, 4.69) is 30.0 Å². The van der Waals surface area contributed by atoms with Crippen molar-refractivity contribution in [2.75, 3.05) is 18.9 Å². The number of ether oxygens (including phenoxy) is 2. The molecule has 2 atom stereocenters. The van der Waals surface area contributed by atoms with Gasteiger partial charge < -0.3 is 9.47 Å². The monoisotopic (exact) mass is 516 g/mol. The molecule has 0 amide bonds. The number of para-hydroxylation sites is 1. The summed E-state index contributed by atoms with van der Waals surface area (Å²) in [6.45, 7) is 3.15. The Morgan fingerprint density at radius 1 is 1.03 bits per heavy atom. The molecule has 1 aromatic carbocycles. The van der Waals surface area contributed by atoms with Gasteiger partial charge in [-0.2, -0.15) is 5.10 Å². The summed E-state index contributed by atoms with van der Waals surface area (Å²) < 4.78 is 56.8. The summed E-state index contributed by atoms with van der Waals surface area (Å²) in [5.41, 5.74) is 0.831. The Morgan fingerprint density at radius 3 is 2.22 bits per heavy atom. The van der Waals surface area contributed by atoms with E-state index in [1.54, 1.807) is 49.1 Å². The molecule has 0 aliphatic rings. The number of aromatic nitrogens is 7. The lowest BCUT2D eigenvalue weighted by molar-refractivity contribution is 0.391. The number of nitrogens with one attached hydrogen (secondary N) is 1. The van der Waals surface area contributed by atoms with E-state index in [1.807, 2.05) is 0 Å². The fourth-order valence-corrected chi connectivity index (χ4v) is 4.80. The maximum Gasteiger partial charge on any atom is 0.243 e. The molecule has 1 N–H and O–H groups in total. The summed E-state index contributed by atoms with van der Waals surface area (Å²) in [6.07, 6.45) is 3.72. The first-order valence-corrected chi connectivity index (χ1v) is 12.4. The second-order valence-corrected chi connectivity index (χ2v) is 10.0. The Morgan fingerprint density at radius 2 is 1.67 bits per heavy atom. The second kappa shape index (κ2) is 9.89. The van der Waals surface area contributed by atoms with Gasteiger partial charge in [0.2, 0.25) is 16.0 Å². The number of methoxy groups -OCH3 is 2. The summed E-state index contributed by atoms with van der Waals surface area (Å²) in [4.78, 5) is 7.84.